The fourth-order valence-electron chi connectivity index (χ4n) is 3.97. The molecule has 3 aromatic rings. The van der Waals surface area contributed by atoms with E-state index in [4.69, 9.17) is 4.74 Å². The van der Waals surface area contributed by atoms with Crippen LogP contribution in [-0.4, -0.2) is 65.7 Å². The van der Waals surface area contributed by atoms with Crippen LogP contribution in [0.4, 0.5) is 17.1 Å². The van der Waals surface area contributed by atoms with E-state index in [9.17, 15) is 18.0 Å². The Morgan fingerprint density at radius 3 is 2.41 bits per heavy atom. The molecule has 1 amide bonds. The van der Waals surface area contributed by atoms with Gasteiger partial charge in [-0.2, -0.15) is 0 Å². The summed E-state index contributed by atoms with van der Waals surface area (Å²) in [6.45, 7) is 0.904. The predicted octanol–water partition coefficient (Wildman–Crippen LogP) is 3.79. The Labute approximate surface area is 220 Å². The van der Waals surface area contributed by atoms with Crippen LogP contribution in [0.25, 0.3) is 11.3 Å². The summed E-state index contributed by atoms with van der Waals surface area (Å²) in [5.74, 6) is -0.781. The molecule has 4 rings (SSSR count). The normalized spacial score (nSPS) is 14.2. The van der Waals surface area contributed by atoms with Gasteiger partial charge >= 0.3 is 5.97 Å². The van der Waals surface area contributed by atoms with Gasteiger partial charge in [0, 0.05) is 24.3 Å². The van der Waals surface area contributed by atoms with E-state index >= 15 is 0 Å². The number of nitrogens with zero attached hydrogens (tertiary/aromatic N) is 2. The van der Waals surface area contributed by atoms with Crippen molar-refractivity contribution >= 4 is 61.6 Å². The second kappa shape index (κ2) is 10.8. The first kappa shape index (κ1) is 26.4. The zero-order valence-electron chi connectivity index (χ0n) is 20.9. The molecule has 37 heavy (non-hydrogen) atoms. The molecule has 1 aliphatic rings. The molecule has 0 atom stereocenters. The largest absolute Gasteiger partial charge is 0.465 e. The van der Waals surface area contributed by atoms with Gasteiger partial charge in [0.25, 0.3) is 5.91 Å². The molecule has 11 heteroatoms. The van der Waals surface area contributed by atoms with E-state index in [1.54, 1.807) is 42.5 Å². The molecule has 1 aliphatic heterocycles. The maximum atomic E-state index is 13.1. The number of carbonyl (C=O) groups is 2. The van der Waals surface area contributed by atoms with Crippen LogP contribution in [0, 0.1) is 0 Å². The van der Waals surface area contributed by atoms with Crippen molar-refractivity contribution in [1.82, 2.24) is 4.90 Å². The maximum absolute atomic E-state index is 13.1. The minimum atomic E-state index is -3.46. The van der Waals surface area contributed by atoms with Crippen molar-refractivity contribution in [2.45, 2.75) is 0 Å². The van der Waals surface area contributed by atoms with Crippen molar-refractivity contribution in [3.05, 3.63) is 76.0 Å². The smallest absolute Gasteiger partial charge is 0.337 e. The number of hydrogen-bond acceptors (Lipinski definition) is 8. The number of benzene rings is 2. The molecule has 0 saturated carbocycles. The first-order chi connectivity index (χ1) is 17.6. The van der Waals surface area contributed by atoms with Crippen LogP contribution < -0.4 is 14.9 Å². The molecule has 0 fully saturated rings. The van der Waals surface area contributed by atoms with E-state index < -0.39 is 16.0 Å². The third-order valence-corrected chi connectivity index (χ3v) is 7.86. The van der Waals surface area contributed by atoms with Gasteiger partial charge in [0.1, 0.15) is 0 Å². The van der Waals surface area contributed by atoms with E-state index in [0.717, 1.165) is 4.88 Å². The summed E-state index contributed by atoms with van der Waals surface area (Å²) in [7, 11) is 1.63. The summed E-state index contributed by atoms with van der Waals surface area (Å²) in [6, 6.07) is 15.8. The van der Waals surface area contributed by atoms with E-state index in [0.29, 0.717) is 52.5 Å². The average Bonchev–Trinajstić information content (AvgIpc) is 3.49. The van der Waals surface area contributed by atoms with Gasteiger partial charge in [-0.25, -0.2) is 13.2 Å². The molecule has 0 radical (unpaired) electrons. The summed E-state index contributed by atoms with van der Waals surface area (Å²) in [5.41, 5.74) is 3.83. The van der Waals surface area contributed by atoms with Gasteiger partial charge in [0.05, 0.1) is 46.5 Å². The lowest BCUT2D eigenvalue weighted by Gasteiger charge is -2.24. The van der Waals surface area contributed by atoms with Crippen LogP contribution in [0.15, 0.2) is 60.0 Å². The minimum Gasteiger partial charge on any atom is -0.465 e. The highest BCUT2D eigenvalue weighted by Gasteiger charge is 2.30. The van der Waals surface area contributed by atoms with Gasteiger partial charge in [-0.3, -0.25) is 9.10 Å². The molecule has 2 N–H and O–H groups in total. The number of methoxy groups -OCH3 is 1. The number of likely N-dealkylation sites (N-methyl/N-ethyl adjacent to an activating group) is 1. The Morgan fingerprint density at radius 1 is 1.08 bits per heavy atom. The fourth-order valence-corrected chi connectivity index (χ4v) is 5.62. The molecule has 0 spiro atoms. The Hall–Kier alpha value is -3.67. The van der Waals surface area contributed by atoms with Crippen LogP contribution in [0.3, 0.4) is 0 Å². The zero-order chi connectivity index (χ0) is 26.7. The number of ether oxygens (including phenoxy) is 1. The summed E-state index contributed by atoms with van der Waals surface area (Å²) >= 11 is 1.48. The molecule has 2 aromatic carbocycles. The summed E-state index contributed by atoms with van der Waals surface area (Å²) in [6.07, 6.45) is 1.19. The summed E-state index contributed by atoms with van der Waals surface area (Å²) in [4.78, 5) is 27.8. The van der Waals surface area contributed by atoms with Gasteiger partial charge in [-0.05, 0) is 61.9 Å². The number of thiophene rings is 1. The molecule has 1 aromatic heterocycles. The van der Waals surface area contributed by atoms with E-state index in [-0.39, 0.29) is 5.91 Å². The Kier molecular flexibility index (Phi) is 7.67. The van der Waals surface area contributed by atoms with Crippen molar-refractivity contribution in [2.75, 3.05) is 55.5 Å². The predicted molar refractivity (Wildman–Crippen MR) is 148 cm³/mol. The molecular formula is C26H28N4O5S2. The number of carbonyl (C=O) groups excluding carboxylic acids is 2. The zero-order valence-corrected chi connectivity index (χ0v) is 22.6. The SMILES string of the molecule is COC(=O)c1ccc2c(c1)NC(=O)/C2=C(\Nc1ccc(N(CCN(C)C)S(C)(=O)=O)cc1)c1cccs1. The van der Waals surface area contributed by atoms with Gasteiger partial charge < -0.3 is 20.3 Å². The van der Waals surface area contributed by atoms with Crippen LogP contribution in [0.5, 0.6) is 0 Å². The topological polar surface area (TPSA) is 108 Å². The number of sulfonamides is 1. The number of fused-ring (bicyclic) bond motifs is 1. The van der Waals surface area contributed by atoms with Crippen LogP contribution in [-0.2, 0) is 19.6 Å². The van der Waals surface area contributed by atoms with Crippen LogP contribution in [0.2, 0.25) is 0 Å². The van der Waals surface area contributed by atoms with Crippen molar-refractivity contribution in [1.29, 1.82) is 0 Å². The standard InChI is InChI=1S/C26H28N4O5S2/c1-29(2)13-14-30(37(4,33)34)19-10-8-18(9-11-19)27-24(22-6-5-15-36-22)23-20-12-7-17(26(32)35-3)16-21(20)28-25(23)31/h5-12,15-16,27H,13-14H2,1-4H3,(H,28,31)/b24-23-. The lowest BCUT2D eigenvalue weighted by Crippen LogP contribution is -2.35. The van der Waals surface area contributed by atoms with Crippen molar-refractivity contribution in [3.8, 4) is 0 Å². The summed E-state index contributed by atoms with van der Waals surface area (Å²) < 4.78 is 30.9. The number of rotatable bonds is 9. The highest BCUT2D eigenvalue weighted by molar-refractivity contribution is 7.92. The second-order valence-electron chi connectivity index (χ2n) is 8.74. The maximum Gasteiger partial charge on any atom is 0.337 e. The number of nitrogens with one attached hydrogen (secondary N) is 2. The lowest BCUT2D eigenvalue weighted by molar-refractivity contribution is -0.110. The van der Waals surface area contributed by atoms with Crippen LogP contribution >= 0.6 is 11.3 Å². The lowest BCUT2D eigenvalue weighted by atomic mass is 10.0. The van der Waals surface area contributed by atoms with E-state index in [2.05, 4.69) is 10.6 Å². The molecule has 0 unspecified atom stereocenters. The fraction of sp³-hybridized carbons (Fsp3) is 0.231. The van der Waals surface area contributed by atoms with Gasteiger partial charge in [-0.15, -0.1) is 11.3 Å². The molecular weight excluding hydrogens is 512 g/mol. The molecule has 194 valence electrons. The number of esters is 1. The van der Waals surface area contributed by atoms with Gasteiger partial charge in [0.15, 0.2) is 0 Å². The quantitative estimate of drug-likeness (QED) is 0.314. The molecule has 2 heterocycles. The second-order valence-corrected chi connectivity index (χ2v) is 11.6. The Bertz CT molecular complexity index is 1450. The number of hydrogen-bond donors (Lipinski definition) is 2. The van der Waals surface area contributed by atoms with Gasteiger partial charge in [0.2, 0.25) is 10.0 Å². The monoisotopic (exact) mass is 540 g/mol. The molecule has 0 aliphatic carbocycles. The summed E-state index contributed by atoms with van der Waals surface area (Å²) in [5, 5.41) is 8.12. The van der Waals surface area contributed by atoms with Crippen molar-refractivity contribution < 1.29 is 22.7 Å². The average molecular weight is 541 g/mol. The molecule has 0 saturated heterocycles. The Balaban J connectivity index is 1.71. The first-order valence-corrected chi connectivity index (χ1v) is 14.1. The molecule has 0 bridgehead atoms. The third kappa shape index (κ3) is 5.85. The first-order valence-electron chi connectivity index (χ1n) is 11.4. The van der Waals surface area contributed by atoms with Gasteiger partial charge in [-0.1, -0.05) is 12.1 Å². The van der Waals surface area contributed by atoms with E-state index in [1.165, 1.54) is 29.0 Å². The number of anilines is 3. The highest BCUT2D eigenvalue weighted by atomic mass is 32.2. The molecule has 9 nitrogen and oxygen atoms in total. The van der Waals surface area contributed by atoms with E-state index in [1.807, 2.05) is 36.5 Å². The Morgan fingerprint density at radius 2 is 1.81 bits per heavy atom. The third-order valence-electron chi connectivity index (χ3n) is 5.78. The van der Waals surface area contributed by atoms with Crippen molar-refractivity contribution in [2.24, 2.45) is 0 Å². The number of amides is 1. The highest BCUT2D eigenvalue weighted by Crippen LogP contribution is 2.39. The minimum absolute atomic E-state index is 0.295. The van der Waals surface area contributed by atoms with Crippen LogP contribution in [0.1, 0.15) is 20.8 Å². The van der Waals surface area contributed by atoms with Crippen molar-refractivity contribution in [3.63, 3.8) is 0 Å².